The van der Waals surface area contributed by atoms with Gasteiger partial charge in [-0.25, -0.2) is 4.98 Å². The Morgan fingerprint density at radius 2 is 1.95 bits per heavy atom. The smallest absolute Gasteiger partial charge is 0.308 e. The van der Waals surface area contributed by atoms with Crippen LogP contribution in [0.25, 0.3) is 11.3 Å². The summed E-state index contributed by atoms with van der Waals surface area (Å²) in [6.45, 7) is 2.56. The first-order valence-electron chi connectivity index (χ1n) is 5.39. The Kier molecular flexibility index (Phi) is 3.91. The third-order valence-electron chi connectivity index (χ3n) is 2.14. The van der Waals surface area contributed by atoms with Gasteiger partial charge in [0.25, 0.3) is 0 Å². The number of ether oxygens (including phenoxy) is 2. The van der Waals surface area contributed by atoms with E-state index < -0.39 is 11.9 Å². The molecule has 5 nitrogen and oxygen atoms in total. The monoisotopic (exact) mass is 276 g/mol. The van der Waals surface area contributed by atoms with Gasteiger partial charge in [0.05, 0.1) is 5.69 Å². The predicted octanol–water partition coefficient (Wildman–Crippen LogP) is 2.46. The quantitative estimate of drug-likeness (QED) is 0.636. The van der Waals surface area contributed by atoms with Crippen LogP contribution in [-0.2, 0) is 9.59 Å². The maximum Gasteiger partial charge on any atom is 0.308 e. The molecule has 0 aliphatic carbocycles. The maximum atomic E-state index is 11.2. The van der Waals surface area contributed by atoms with E-state index in [9.17, 15) is 9.59 Å². The second-order valence-electron chi connectivity index (χ2n) is 3.64. The number of rotatable bonds is 3. The van der Waals surface area contributed by atoms with Crippen molar-refractivity contribution in [1.29, 1.82) is 0 Å². The Bertz CT molecular complexity index is 607. The molecule has 1 aromatic carbocycles. The lowest BCUT2D eigenvalue weighted by Crippen LogP contribution is -2.08. The highest BCUT2D eigenvalue weighted by atomic mass is 32.1. The molecule has 97 valence electrons. The van der Waals surface area contributed by atoms with Crippen molar-refractivity contribution in [2.75, 3.05) is 0 Å². The highest BCUT2D eigenvalue weighted by Crippen LogP contribution is 2.38. The first-order chi connectivity index (χ1) is 9.08. The third kappa shape index (κ3) is 3.17. The van der Waals surface area contributed by atoms with Crippen LogP contribution in [0.5, 0.6) is 11.5 Å². The van der Waals surface area contributed by atoms with Crippen LogP contribution in [0.15, 0.2) is 23.6 Å². The first kappa shape index (κ1) is 13.2. The molecular formula is C13H10NO4S. The molecule has 2 aromatic rings. The number of hydrogen-bond acceptors (Lipinski definition) is 6. The van der Waals surface area contributed by atoms with Crippen LogP contribution >= 0.6 is 11.3 Å². The van der Waals surface area contributed by atoms with Crippen molar-refractivity contribution in [3.63, 3.8) is 0 Å². The van der Waals surface area contributed by atoms with Gasteiger partial charge < -0.3 is 9.47 Å². The van der Waals surface area contributed by atoms with Crippen LogP contribution in [0.2, 0.25) is 0 Å². The minimum absolute atomic E-state index is 0.185. The van der Waals surface area contributed by atoms with Crippen LogP contribution < -0.4 is 9.47 Å². The summed E-state index contributed by atoms with van der Waals surface area (Å²) < 4.78 is 10.2. The minimum Gasteiger partial charge on any atom is -0.423 e. The highest BCUT2D eigenvalue weighted by molar-refractivity contribution is 7.07. The first-order valence-corrected chi connectivity index (χ1v) is 6.27. The van der Waals surface area contributed by atoms with Gasteiger partial charge in [-0.15, -0.1) is 11.3 Å². The molecule has 0 bridgehead atoms. The average molecular weight is 276 g/mol. The zero-order chi connectivity index (χ0) is 13.8. The average Bonchev–Trinajstić information content (AvgIpc) is 2.83. The third-order valence-corrected chi connectivity index (χ3v) is 2.68. The normalized spacial score (nSPS) is 10.0. The molecule has 1 radical (unpaired) electrons. The number of hydrogen-bond donors (Lipinski definition) is 0. The van der Waals surface area contributed by atoms with Crippen LogP contribution in [0.3, 0.4) is 0 Å². The van der Waals surface area contributed by atoms with E-state index in [0.717, 1.165) is 0 Å². The van der Waals surface area contributed by atoms with E-state index in [0.29, 0.717) is 11.3 Å². The summed E-state index contributed by atoms with van der Waals surface area (Å²) in [6.07, 6.45) is 0. The van der Waals surface area contributed by atoms with Crippen molar-refractivity contribution >= 4 is 23.3 Å². The van der Waals surface area contributed by atoms with E-state index in [-0.39, 0.29) is 11.5 Å². The van der Waals surface area contributed by atoms with Crippen molar-refractivity contribution in [3.05, 3.63) is 29.1 Å². The molecule has 0 unspecified atom stereocenters. The SMILES string of the molecule is CC(=O)Oc1cccc(-c2cs[c]n2)c1OC(C)=O. The Labute approximate surface area is 113 Å². The number of thiazole rings is 1. The number of nitrogens with zero attached hydrogens (tertiary/aromatic N) is 1. The number of para-hydroxylation sites is 1. The number of benzene rings is 1. The minimum atomic E-state index is -0.500. The van der Waals surface area contributed by atoms with Crippen molar-refractivity contribution in [2.24, 2.45) is 0 Å². The molecular weight excluding hydrogens is 266 g/mol. The van der Waals surface area contributed by atoms with Gasteiger partial charge >= 0.3 is 11.9 Å². The number of aromatic nitrogens is 1. The Balaban J connectivity index is 2.53. The molecule has 0 spiro atoms. The van der Waals surface area contributed by atoms with Gasteiger partial charge in [-0.2, -0.15) is 0 Å². The van der Waals surface area contributed by atoms with E-state index in [2.05, 4.69) is 10.5 Å². The standard InChI is InChI=1S/C13H10NO4S/c1-8(15)17-12-5-3-4-10(11-6-19-7-14-11)13(12)18-9(2)16/h3-6H,1-2H3. The molecule has 19 heavy (non-hydrogen) atoms. The Morgan fingerprint density at radius 3 is 2.53 bits per heavy atom. The largest absolute Gasteiger partial charge is 0.423 e. The molecule has 0 aliphatic rings. The molecule has 0 fully saturated rings. The molecule has 6 heteroatoms. The summed E-state index contributed by atoms with van der Waals surface area (Å²) >= 11 is 1.30. The van der Waals surface area contributed by atoms with E-state index in [1.165, 1.54) is 25.2 Å². The zero-order valence-electron chi connectivity index (χ0n) is 10.3. The molecule has 2 rings (SSSR count). The lowest BCUT2D eigenvalue weighted by molar-refractivity contribution is -0.134. The Hall–Kier alpha value is -2.21. The van der Waals surface area contributed by atoms with Crippen LogP contribution in [0.1, 0.15) is 13.8 Å². The Morgan fingerprint density at radius 1 is 1.21 bits per heavy atom. The van der Waals surface area contributed by atoms with Gasteiger partial charge in [-0.3, -0.25) is 9.59 Å². The lowest BCUT2D eigenvalue weighted by atomic mass is 10.1. The molecule has 0 N–H and O–H groups in total. The molecule has 1 heterocycles. The van der Waals surface area contributed by atoms with Gasteiger partial charge in [0.2, 0.25) is 0 Å². The molecule has 0 saturated carbocycles. The summed E-state index contributed by atoms with van der Waals surface area (Å²) in [4.78, 5) is 26.3. The summed E-state index contributed by atoms with van der Waals surface area (Å²) in [6, 6.07) is 4.98. The molecule has 0 atom stereocenters. The fourth-order valence-electron chi connectivity index (χ4n) is 1.51. The van der Waals surface area contributed by atoms with Crippen LogP contribution in [0.4, 0.5) is 0 Å². The second-order valence-corrected chi connectivity index (χ2v) is 4.30. The summed E-state index contributed by atoms with van der Waals surface area (Å²) in [5.74, 6) is -0.617. The predicted molar refractivity (Wildman–Crippen MR) is 69.0 cm³/mol. The molecule has 1 aromatic heterocycles. The van der Waals surface area contributed by atoms with E-state index >= 15 is 0 Å². The van der Waals surface area contributed by atoms with Crippen LogP contribution in [-0.4, -0.2) is 16.9 Å². The number of esters is 2. The summed E-state index contributed by atoms with van der Waals surface area (Å²) in [7, 11) is 0. The molecule has 0 saturated heterocycles. The maximum absolute atomic E-state index is 11.2. The van der Waals surface area contributed by atoms with Gasteiger partial charge in [-0.05, 0) is 12.1 Å². The molecule has 0 amide bonds. The van der Waals surface area contributed by atoms with Crippen molar-refractivity contribution in [3.8, 4) is 22.8 Å². The van der Waals surface area contributed by atoms with Gasteiger partial charge in [0.15, 0.2) is 17.0 Å². The number of carbonyl (C=O) groups excluding carboxylic acids is 2. The topological polar surface area (TPSA) is 65.5 Å². The van der Waals surface area contributed by atoms with Crippen molar-refractivity contribution in [2.45, 2.75) is 13.8 Å². The second kappa shape index (κ2) is 5.62. The lowest BCUT2D eigenvalue weighted by Gasteiger charge is -2.11. The fraction of sp³-hybridized carbons (Fsp3) is 0.154. The van der Waals surface area contributed by atoms with Crippen LogP contribution in [0, 0.1) is 5.51 Å². The van der Waals surface area contributed by atoms with E-state index in [1.54, 1.807) is 23.6 Å². The van der Waals surface area contributed by atoms with E-state index in [4.69, 9.17) is 9.47 Å². The highest BCUT2D eigenvalue weighted by Gasteiger charge is 2.17. The zero-order valence-corrected chi connectivity index (χ0v) is 11.1. The van der Waals surface area contributed by atoms with Gasteiger partial charge in [-0.1, -0.05) is 6.07 Å². The molecule has 0 aliphatic heterocycles. The fourth-order valence-corrected chi connectivity index (χ4v) is 2.00. The summed E-state index contributed by atoms with van der Waals surface area (Å²) in [5, 5.41) is 1.76. The van der Waals surface area contributed by atoms with Gasteiger partial charge in [0.1, 0.15) is 0 Å². The van der Waals surface area contributed by atoms with Crippen molar-refractivity contribution in [1.82, 2.24) is 4.98 Å². The number of carbonyl (C=O) groups is 2. The summed E-state index contributed by atoms with van der Waals surface area (Å²) in [5.41, 5.74) is 3.89. The van der Waals surface area contributed by atoms with Crippen molar-refractivity contribution < 1.29 is 19.1 Å². The van der Waals surface area contributed by atoms with E-state index in [1.807, 2.05) is 0 Å². The van der Waals surface area contributed by atoms with Gasteiger partial charge in [0, 0.05) is 24.8 Å².